The maximum Gasteiger partial charge on any atom is 0.0351 e. The van der Waals surface area contributed by atoms with Gasteiger partial charge in [-0.3, -0.25) is 0 Å². The Hall–Kier alpha value is -0.0400. The maximum atomic E-state index is 4.25. The number of hydrogen-bond acceptors (Lipinski definition) is 1. The molecule has 0 aromatic carbocycles. The molecular formula is C38H78O. The van der Waals surface area contributed by atoms with Gasteiger partial charge in [0.05, 0.1) is 0 Å². The van der Waals surface area contributed by atoms with Gasteiger partial charge in [0.15, 0.2) is 0 Å². The van der Waals surface area contributed by atoms with Crippen molar-refractivity contribution in [3.05, 3.63) is 0 Å². The molecule has 236 valence electrons. The minimum absolute atomic E-state index is 1.50. The van der Waals surface area contributed by atoms with Crippen LogP contribution >= 0.6 is 0 Å². The monoisotopic (exact) mass is 551 g/mol. The predicted molar refractivity (Wildman–Crippen MR) is 179 cm³/mol. The van der Waals surface area contributed by atoms with Crippen molar-refractivity contribution in [2.75, 3.05) is 14.2 Å². The number of ether oxygens (including phenoxy) is 1. The molecule has 3 aliphatic carbocycles. The molecule has 1 heteroatoms. The van der Waals surface area contributed by atoms with E-state index in [0.29, 0.717) is 0 Å². The molecular weight excluding hydrogens is 472 g/mol. The van der Waals surface area contributed by atoms with Crippen LogP contribution in [-0.2, 0) is 4.74 Å². The zero-order valence-corrected chi connectivity index (χ0v) is 27.9. The average molecular weight is 551 g/mol. The molecule has 39 heavy (non-hydrogen) atoms. The molecule has 0 heterocycles. The summed E-state index contributed by atoms with van der Waals surface area (Å²) < 4.78 is 4.25. The minimum atomic E-state index is 1.50. The standard InChI is InChI=1S/3C12H24.C2H6O/c3*1-2-4-6-8-10-12-11-9-7-5-3-1;1-3-2/h3*1-12H2;1-2H3. The first-order valence-electron chi connectivity index (χ1n) is 18.8. The maximum absolute atomic E-state index is 4.25. The van der Waals surface area contributed by atoms with Crippen molar-refractivity contribution in [3.8, 4) is 0 Å². The Kier molecular flexibility index (Phi) is 37.9. The second kappa shape index (κ2) is 38.0. The molecule has 0 amide bonds. The molecule has 0 radical (unpaired) electrons. The van der Waals surface area contributed by atoms with Gasteiger partial charge in [-0.25, -0.2) is 0 Å². The first-order valence-corrected chi connectivity index (χ1v) is 18.8. The third-order valence-corrected chi connectivity index (χ3v) is 9.00. The molecule has 0 N–H and O–H groups in total. The summed E-state index contributed by atoms with van der Waals surface area (Å²) in [6.45, 7) is 0. The lowest BCUT2D eigenvalue weighted by Gasteiger charge is -2.05. The minimum Gasteiger partial charge on any atom is -0.388 e. The fraction of sp³-hybridized carbons (Fsp3) is 1.00. The molecule has 1 nitrogen and oxygen atoms in total. The molecule has 3 rings (SSSR count). The van der Waals surface area contributed by atoms with Crippen molar-refractivity contribution in [3.63, 3.8) is 0 Å². The summed E-state index contributed by atoms with van der Waals surface area (Å²) in [7, 11) is 3.25. The molecule has 3 aliphatic rings. The molecule has 3 saturated carbocycles. The molecule has 0 aromatic rings. The van der Waals surface area contributed by atoms with Gasteiger partial charge >= 0.3 is 0 Å². The van der Waals surface area contributed by atoms with Crippen LogP contribution in [0.15, 0.2) is 0 Å². The second-order valence-electron chi connectivity index (χ2n) is 13.1. The molecule has 0 bridgehead atoms. The fourth-order valence-electron chi connectivity index (χ4n) is 6.36. The summed E-state index contributed by atoms with van der Waals surface area (Å²) >= 11 is 0. The zero-order valence-electron chi connectivity index (χ0n) is 27.9. The van der Waals surface area contributed by atoms with E-state index in [4.69, 9.17) is 0 Å². The van der Waals surface area contributed by atoms with Gasteiger partial charge in [0.1, 0.15) is 0 Å². The second-order valence-corrected chi connectivity index (χ2v) is 13.1. The van der Waals surface area contributed by atoms with Gasteiger partial charge < -0.3 is 4.74 Å². The van der Waals surface area contributed by atoms with Crippen LogP contribution < -0.4 is 0 Å². The normalized spacial score (nSPS) is 22.6. The van der Waals surface area contributed by atoms with Gasteiger partial charge in [-0.2, -0.15) is 0 Å². The Morgan fingerprint density at radius 1 is 0.154 bits per heavy atom. The predicted octanol–water partition coefficient (Wildman–Crippen LogP) is 14.3. The smallest absolute Gasteiger partial charge is 0.0351 e. The van der Waals surface area contributed by atoms with Crippen molar-refractivity contribution in [1.29, 1.82) is 0 Å². The van der Waals surface area contributed by atoms with Crippen molar-refractivity contribution in [2.24, 2.45) is 0 Å². The molecule has 0 saturated heterocycles. The Morgan fingerprint density at radius 3 is 0.205 bits per heavy atom. The third-order valence-electron chi connectivity index (χ3n) is 9.00. The first kappa shape index (κ1) is 39.0. The van der Waals surface area contributed by atoms with Crippen molar-refractivity contribution in [1.82, 2.24) is 0 Å². The van der Waals surface area contributed by atoms with E-state index >= 15 is 0 Å². The average Bonchev–Trinajstić information content (AvgIpc) is 2.91. The van der Waals surface area contributed by atoms with E-state index in [1.807, 2.05) is 0 Å². The summed E-state index contributed by atoms with van der Waals surface area (Å²) in [5.74, 6) is 0. The SMILES string of the molecule is C1CCCCCCCCCCC1.C1CCCCCCCCCCC1.C1CCCCCCCCCCC1.COC. The van der Waals surface area contributed by atoms with Crippen LogP contribution in [0.5, 0.6) is 0 Å². The van der Waals surface area contributed by atoms with Crippen LogP contribution in [0.2, 0.25) is 0 Å². The molecule has 3 fully saturated rings. The van der Waals surface area contributed by atoms with Crippen molar-refractivity contribution >= 4 is 0 Å². The highest BCUT2D eigenvalue weighted by molar-refractivity contribution is 4.54. The number of rotatable bonds is 0. The quantitative estimate of drug-likeness (QED) is 0.291. The highest BCUT2D eigenvalue weighted by Gasteiger charge is 1.98. The molecule has 0 atom stereocenters. The lowest BCUT2D eigenvalue weighted by molar-refractivity contribution is 0.277. The van der Waals surface area contributed by atoms with Gasteiger partial charge in [-0.1, -0.05) is 231 Å². The lowest BCUT2D eigenvalue weighted by Crippen LogP contribution is -1.85. The van der Waals surface area contributed by atoms with Gasteiger partial charge in [-0.05, 0) is 0 Å². The fourth-order valence-corrected chi connectivity index (χ4v) is 6.36. The third kappa shape index (κ3) is 38.0. The number of methoxy groups -OCH3 is 1. The van der Waals surface area contributed by atoms with Crippen LogP contribution in [0.1, 0.15) is 231 Å². The van der Waals surface area contributed by atoms with E-state index in [1.165, 1.54) is 231 Å². The van der Waals surface area contributed by atoms with Crippen molar-refractivity contribution < 1.29 is 4.74 Å². The highest BCUT2D eigenvalue weighted by atomic mass is 16.4. The van der Waals surface area contributed by atoms with E-state index in [9.17, 15) is 0 Å². The van der Waals surface area contributed by atoms with E-state index in [1.54, 1.807) is 14.2 Å². The van der Waals surface area contributed by atoms with Crippen LogP contribution in [0.3, 0.4) is 0 Å². The van der Waals surface area contributed by atoms with Crippen molar-refractivity contribution in [2.45, 2.75) is 231 Å². The van der Waals surface area contributed by atoms with E-state index < -0.39 is 0 Å². The Labute approximate surface area is 249 Å². The molecule has 0 unspecified atom stereocenters. The van der Waals surface area contributed by atoms with Crippen LogP contribution in [0, 0.1) is 0 Å². The first-order chi connectivity index (χ1) is 19.4. The van der Waals surface area contributed by atoms with Gasteiger partial charge in [-0.15, -0.1) is 0 Å². The van der Waals surface area contributed by atoms with E-state index in [-0.39, 0.29) is 0 Å². The summed E-state index contributed by atoms with van der Waals surface area (Å²) in [4.78, 5) is 0. The van der Waals surface area contributed by atoms with Gasteiger partial charge in [0, 0.05) is 14.2 Å². The Bertz CT molecular complexity index is 206. The zero-order chi connectivity index (χ0) is 28.2. The van der Waals surface area contributed by atoms with Crippen LogP contribution in [0.4, 0.5) is 0 Å². The summed E-state index contributed by atoms with van der Waals surface area (Å²) in [5, 5.41) is 0. The number of hydrogen-bond donors (Lipinski definition) is 0. The van der Waals surface area contributed by atoms with Crippen LogP contribution in [0.25, 0.3) is 0 Å². The molecule has 0 spiro atoms. The largest absolute Gasteiger partial charge is 0.388 e. The molecule has 0 aliphatic heterocycles. The van der Waals surface area contributed by atoms with Gasteiger partial charge in [0.25, 0.3) is 0 Å². The van der Waals surface area contributed by atoms with E-state index in [2.05, 4.69) is 4.74 Å². The van der Waals surface area contributed by atoms with Crippen LogP contribution in [-0.4, -0.2) is 14.2 Å². The highest BCUT2D eigenvalue weighted by Crippen LogP contribution is 2.18. The Balaban J connectivity index is 0.000000528. The van der Waals surface area contributed by atoms with E-state index in [0.717, 1.165) is 0 Å². The Morgan fingerprint density at radius 2 is 0.179 bits per heavy atom. The topological polar surface area (TPSA) is 9.23 Å². The summed E-state index contributed by atoms with van der Waals surface area (Å²) in [6, 6.07) is 0. The summed E-state index contributed by atoms with van der Waals surface area (Å²) in [5.41, 5.74) is 0. The lowest BCUT2D eigenvalue weighted by atomic mass is 10.0. The molecule has 0 aromatic heterocycles. The summed E-state index contributed by atoms with van der Waals surface area (Å²) in [6.07, 6.45) is 54.0. The van der Waals surface area contributed by atoms with Gasteiger partial charge in [0.2, 0.25) is 0 Å².